The summed E-state index contributed by atoms with van der Waals surface area (Å²) in [6.07, 6.45) is 3.94. The number of hydrogen-bond acceptors (Lipinski definition) is 5. The minimum Gasteiger partial charge on any atom is -0.478 e. The maximum atomic E-state index is 11.0. The zero-order valence-electron chi connectivity index (χ0n) is 11.2. The van der Waals surface area contributed by atoms with Crippen molar-refractivity contribution in [2.75, 3.05) is 26.2 Å². The van der Waals surface area contributed by atoms with Crippen molar-refractivity contribution in [2.24, 2.45) is 5.92 Å². The molecule has 0 amide bonds. The van der Waals surface area contributed by atoms with Crippen molar-refractivity contribution in [1.29, 1.82) is 0 Å². The molecule has 1 aliphatic rings. The van der Waals surface area contributed by atoms with E-state index >= 15 is 0 Å². The zero-order valence-corrected chi connectivity index (χ0v) is 11.2. The molecule has 1 aliphatic heterocycles. The monoisotopic (exact) mass is 264 g/mol. The maximum Gasteiger partial charge on any atom is 0.339 e. The molecule has 6 nitrogen and oxygen atoms in total. The predicted octanol–water partition coefficient (Wildman–Crippen LogP) is 0.606. The third-order valence-corrected chi connectivity index (χ3v) is 3.57. The van der Waals surface area contributed by atoms with Crippen LogP contribution < -0.4 is 5.32 Å². The molecule has 2 heterocycles. The minimum atomic E-state index is -0.976. The molecular formula is C13H20N4O2. The maximum absolute atomic E-state index is 11.0. The van der Waals surface area contributed by atoms with Crippen molar-refractivity contribution in [2.45, 2.75) is 19.9 Å². The summed E-state index contributed by atoms with van der Waals surface area (Å²) in [5.74, 6) is -0.328. The Morgan fingerprint density at radius 3 is 3.16 bits per heavy atom. The summed E-state index contributed by atoms with van der Waals surface area (Å²) in [7, 11) is 0. The molecule has 1 atom stereocenters. The molecule has 0 bridgehead atoms. The Balaban J connectivity index is 1.82. The van der Waals surface area contributed by atoms with E-state index in [1.807, 2.05) is 0 Å². The number of nitrogens with one attached hydrogen (secondary N) is 1. The lowest BCUT2D eigenvalue weighted by molar-refractivity contribution is 0.0694. The lowest BCUT2D eigenvalue weighted by atomic mass is 10.1. The number of aromatic nitrogens is 2. The van der Waals surface area contributed by atoms with E-state index in [1.54, 1.807) is 0 Å². The molecule has 0 radical (unpaired) electrons. The first-order chi connectivity index (χ1) is 9.20. The number of likely N-dealkylation sites (tertiary alicyclic amines) is 1. The molecule has 0 aromatic carbocycles. The second-order valence-electron chi connectivity index (χ2n) is 4.87. The number of nitrogens with zero attached hydrogens (tertiary/aromatic N) is 3. The summed E-state index contributed by atoms with van der Waals surface area (Å²) in [5, 5.41) is 12.3. The van der Waals surface area contributed by atoms with Gasteiger partial charge in [0, 0.05) is 19.3 Å². The highest BCUT2D eigenvalue weighted by Crippen LogP contribution is 2.14. The van der Waals surface area contributed by atoms with Crippen molar-refractivity contribution < 1.29 is 9.90 Å². The fourth-order valence-electron chi connectivity index (χ4n) is 2.44. The average Bonchev–Trinajstić information content (AvgIpc) is 2.87. The van der Waals surface area contributed by atoms with Gasteiger partial charge >= 0.3 is 5.97 Å². The van der Waals surface area contributed by atoms with Gasteiger partial charge < -0.3 is 15.3 Å². The predicted molar refractivity (Wildman–Crippen MR) is 70.9 cm³/mol. The topological polar surface area (TPSA) is 78.3 Å². The van der Waals surface area contributed by atoms with Gasteiger partial charge in [0.25, 0.3) is 0 Å². The Morgan fingerprint density at radius 1 is 1.63 bits per heavy atom. The average molecular weight is 264 g/mol. The van der Waals surface area contributed by atoms with Crippen molar-refractivity contribution >= 4 is 5.97 Å². The fraction of sp³-hybridized carbons (Fsp3) is 0.615. The number of carboxylic acid groups (broad SMARTS) is 1. The Hall–Kier alpha value is -1.53. The SMILES string of the molecule is CCN1CCC(CNCc2ncncc2C(=O)O)C1. The van der Waals surface area contributed by atoms with Crippen LogP contribution in [0.1, 0.15) is 29.4 Å². The van der Waals surface area contributed by atoms with E-state index in [0.717, 1.165) is 26.2 Å². The van der Waals surface area contributed by atoms with Crippen LogP contribution in [0.5, 0.6) is 0 Å². The summed E-state index contributed by atoms with van der Waals surface area (Å²) < 4.78 is 0. The normalized spacial score (nSPS) is 19.7. The highest BCUT2D eigenvalue weighted by molar-refractivity contribution is 5.88. The molecule has 1 aromatic heterocycles. The van der Waals surface area contributed by atoms with Gasteiger partial charge in [0.05, 0.1) is 5.69 Å². The second kappa shape index (κ2) is 6.58. The minimum absolute atomic E-state index is 0.177. The molecule has 1 aromatic rings. The van der Waals surface area contributed by atoms with Crippen molar-refractivity contribution in [3.05, 3.63) is 23.8 Å². The number of carboxylic acids is 1. The van der Waals surface area contributed by atoms with Gasteiger partial charge in [0.15, 0.2) is 0 Å². The van der Waals surface area contributed by atoms with Gasteiger partial charge in [-0.2, -0.15) is 0 Å². The Kier molecular flexibility index (Phi) is 4.81. The van der Waals surface area contributed by atoms with Gasteiger partial charge in [0.1, 0.15) is 11.9 Å². The molecular weight excluding hydrogens is 244 g/mol. The van der Waals surface area contributed by atoms with Gasteiger partial charge in [-0.3, -0.25) is 0 Å². The Bertz CT molecular complexity index is 438. The zero-order chi connectivity index (χ0) is 13.7. The fourth-order valence-corrected chi connectivity index (χ4v) is 2.44. The molecule has 19 heavy (non-hydrogen) atoms. The van der Waals surface area contributed by atoms with Crippen LogP contribution in [0.4, 0.5) is 0 Å². The quantitative estimate of drug-likeness (QED) is 0.783. The molecule has 1 unspecified atom stereocenters. The standard InChI is InChI=1S/C13H20N4O2/c1-2-17-4-3-10(8-17)5-14-7-12-11(13(18)19)6-15-9-16-12/h6,9-10,14H,2-5,7-8H2,1H3,(H,18,19). The molecule has 0 spiro atoms. The van der Waals surface area contributed by atoms with Gasteiger partial charge in [-0.15, -0.1) is 0 Å². The first-order valence-corrected chi connectivity index (χ1v) is 6.66. The molecule has 2 rings (SSSR count). The summed E-state index contributed by atoms with van der Waals surface area (Å²) in [6.45, 7) is 6.95. The second-order valence-corrected chi connectivity index (χ2v) is 4.87. The molecule has 2 N–H and O–H groups in total. The molecule has 1 saturated heterocycles. The Labute approximate surface area is 112 Å². The first-order valence-electron chi connectivity index (χ1n) is 6.66. The van der Waals surface area contributed by atoms with Crippen LogP contribution in [0.15, 0.2) is 12.5 Å². The molecule has 0 aliphatic carbocycles. The third kappa shape index (κ3) is 3.71. The van der Waals surface area contributed by atoms with E-state index in [9.17, 15) is 4.79 Å². The lowest BCUT2D eigenvalue weighted by Gasteiger charge is -2.13. The Morgan fingerprint density at radius 2 is 2.47 bits per heavy atom. The van der Waals surface area contributed by atoms with Crippen LogP contribution in [0.3, 0.4) is 0 Å². The van der Waals surface area contributed by atoms with Gasteiger partial charge in [-0.1, -0.05) is 6.92 Å². The van der Waals surface area contributed by atoms with Gasteiger partial charge in [-0.05, 0) is 32.0 Å². The van der Waals surface area contributed by atoms with Gasteiger partial charge in [0.2, 0.25) is 0 Å². The van der Waals surface area contributed by atoms with Crippen LogP contribution in [0, 0.1) is 5.92 Å². The van der Waals surface area contributed by atoms with E-state index in [4.69, 9.17) is 5.11 Å². The number of rotatable bonds is 6. The van der Waals surface area contributed by atoms with E-state index in [2.05, 4.69) is 27.1 Å². The van der Waals surface area contributed by atoms with Crippen molar-refractivity contribution in [1.82, 2.24) is 20.2 Å². The lowest BCUT2D eigenvalue weighted by Crippen LogP contribution is -2.27. The van der Waals surface area contributed by atoms with E-state index < -0.39 is 5.97 Å². The van der Waals surface area contributed by atoms with Crippen LogP contribution in [0.25, 0.3) is 0 Å². The van der Waals surface area contributed by atoms with Crippen molar-refractivity contribution in [3.63, 3.8) is 0 Å². The van der Waals surface area contributed by atoms with E-state index in [-0.39, 0.29) is 5.56 Å². The van der Waals surface area contributed by atoms with Crippen LogP contribution in [-0.4, -0.2) is 52.1 Å². The number of hydrogen-bond donors (Lipinski definition) is 2. The van der Waals surface area contributed by atoms with E-state index in [1.165, 1.54) is 18.9 Å². The number of aromatic carboxylic acids is 1. The molecule has 1 fully saturated rings. The smallest absolute Gasteiger partial charge is 0.339 e. The van der Waals surface area contributed by atoms with Crippen LogP contribution in [0.2, 0.25) is 0 Å². The summed E-state index contributed by atoms with van der Waals surface area (Å²) in [5.41, 5.74) is 0.726. The molecule has 6 heteroatoms. The third-order valence-electron chi connectivity index (χ3n) is 3.57. The summed E-state index contributed by atoms with van der Waals surface area (Å²) in [6, 6.07) is 0. The summed E-state index contributed by atoms with van der Waals surface area (Å²) >= 11 is 0. The number of carbonyl (C=O) groups is 1. The summed E-state index contributed by atoms with van der Waals surface area (Å²) in [4.78, 5) is 21.2. The first kappa shape index (κ1) is 13.9. The largest absolute Gasteiger partial charge is 0.478 e. The van der Waals surface area contributed by atoms with Crippen LogP contribution in [-0.2, 0) is 6.54 Å². The van der Waals surface area contributed by atoms with Gasteiger partial charge in [-0.25, -0.2) is 14.8 Å². The van der Waals surface area contributed by atoms with Crippen LogP contribution >= 0.6 is 0 Å². The van der Waals surface area contributed by atoms with Crippen molar-refractivity contribution in [3.8, 4) is 0 Å². The molecule has 104 valence electrons. The highest BCUT2D eigenvalue weighted by Gasteiger charge is 2.20. The highest BCUT2D eigenvalue weighted by atomic mass is 16.4. The molecule has 0 saturated carbocycles. The van der Waals surface area contributed by atoms with E-state index in [0.29, 0.717) is 18.2 Å².